The number of amides is 1. The van der Waals surface area contributed by atoms with Crippen LogP contribution in [0.1, 0.15) is 23.0 Å². The van der Waals surface area contributed by atoms with Gasteiger partial charge in [-0.3, -0.25) is 4.79 Å². The Hall–Kier alpha value is -2.06. The Morgan fingerprint density at radius 1 is 1.32 bits per heavy atom. The molecule has 2 heterocycles. The number of carbonyl (C=O) groups excluding carboxylic acids is 1. The number of nitrogens with zero attached hydrogens (tertiary/aromatic N) is 3. The van der Waals surface area contributed by atoms with Gasteiger partial charge >= 0.3 is 6.18 Å². The molecule has 1 aliphatic heterocycles. The highest BCUT2D eigenvalue weighted by Gasteiger charge is 2.41. The molecule has 5 nitrogen and oxygen atoms in total. The lowest BCUT2D eigenvalue weighted by Gasteiger charge is -2.31. The lowest BCUT2D eigenvalue weighted by molar-refractivity contribution is -0.143. The summed E-state index contributed by atoms with van der Waals surface area (Å²) in [6.07, 6.45) is -4.00. The van der Waals surface area contributed by atoms with Crippen LogP contribution < -0.4 is 0 Å². The molecule has 1 atom stereocenters. The molecule has 0 aliphatic carbocycles. The fraction of sp³-hybridized carbons (Fsp3) is 0.375. The second kappa shape index (κ2) is 6.68. The SMILES string of the molecule is CC1CN(C(=O)c2cnn(-c3ccc(Cl)cc3)c2C(F)(F)F)CCO1. The third-order valence-electron chi connectivity index (χ3n) is 3.87. The zero-order valence-electron chi connectivity index (χ0n) is 13.3. The molecule has 2 aromatic rings. The van der Waals surface area contributed by atoms with E-state index in [1.807, 2.05) is 0 Å². The fourth-order valence-electron chi connectivity index (χ4n) is 2.73. The topological polar surface area (TPSA) is 47.4 Å². The second-order valence-electron chi connectivity index (χ2n) is 5.73. The van der Waals surface area contributed by atoms with Crippen molar-refractivity contribution >= 4 is 17.5 Å². The summed E-state index contributed by atoms with van der Waals surface area (Å²) >= 11 is 5.78. The number of hydrogen-bond acceptors (Lipinski definition) is 3. The molecule has 0 saturated carbocycles. The van der Waals surface area contributed by atoms with Gasteiger partial charge in [-0.05, 0) is 31.2 Å². The van der Waals surface area contributed by atoms with Gasteiger partial charge in [0.25, 0.3) is 5.91 Å². The van der Waals surface area contributed by atoms with Crippen molar-refractivity contribution in [2.75, 3.05) is 19.7 Å². The largest absolute Gasteiger partial charge is 0.434 e. The summed E-state index contributed by atoms with van der Waals surface area (Å²) in [6, 6.07) is 5.75. The highest BCUT2D eigenvalue weighted by Crippen LogP contribution is 2.34. The molecule has 1 aromatic heterocycles. The van der Waals surface area contributed by atoms with Gasteiger partial charge in [-0.25, -0.2) is 4.68 Å². The molecule has 25 heavy (non-hydrogen) atoms. The molecule has 134 valence electrons. The number of ether oxygens (including phenoxy) is 1. The van der Waals surface area contributed by atoms with Crippen molar-refractivity contribution in [3.05, 3.63) is 46.7 Å². The Morgan fingerprint density at radius 2 is 2.00 bits per heavy atom. The Morgan fingerprint density at radius 3 is 2.60 bits per heavy atom. The van der Waals surface area contributed by atoms with Gasteiger partial charge in [0.1, 0.15) is 0 Å². The summed E-state index contributed by atoms with van der Waals surface area (Å²) < 4.78 is 46.9. The second-order valence-corrected chi connectivity index (χ2v) is 6.16. The molecule has 1 fully saturated rings. The number of alkyl halides is 3. The van der Waals surface area contributed by atoms with Crippen LogP contribution in [-0.2, 0) is 10.9 Å². The first-order valence-corrected chi connectivity index (χ1v) is 7.97. The van der Waals surface area contributed by atoms with Gasteiger partial charge in [-0.2, -0.15) is 18.3 Å². The summed E-state index contributed by atoms with van der Waals surface area (Å²) in [5.74, 6) is -0.706. The van der Waals surface area contributed by atoms with Crippen LogP contribution in [0.25, 0.3) is 5.69 Å². The van der Waals surface area contributed by atoms with Crippen LogP contribution in [0.2, 0.25) is 5.02 Å². The molecular weight excluding hydrogens is 359 g/mol. The van der Waals surface area contributed by atoms with Crippen molar-refractivity contribution in [3.63, 3.8) is 0 Å². The number of hydrogen-bond donors (Lipinski definition) is 0. The highest BCUT2D eigenvalue weighted by atomic mass is 35.5. The Balaban J connectivity index is 2.02. The van der Waals surface area contributed by atoms with Gasteiger partial charge < -0.3 is 9.64 Å². The summed E-state index contributed by atoms with van der Waals surface area (Å²) in [5.41, 5.74) is -1.40. The van der Waals surface area contributed by atoms with E-state index >= 15 is 0 Å². The number of benzene rings is 1. The molecule has 1 aromatic carbocycles. The Bertz CT molecular complexity index is 774. The van der Waals surface area contributed by atoms with E-state index in [1.54, 1.807) is 6.92 Å². The molecule has 1 amide bonds. The monoisotopic (exact) mass is 373 g/mol. The van der Waals surface area contributed by atoms with Crippen LogP contribution in [-0.4, -0.2) is 46.4 Å². The van der Waals surface area contributed by atoms with Crippen molar-refractivity contribution in [3.8, 4) is 5.69 Å². The number of aromatic nitrogens is 2. The molecule has 3 rings (SSSR count). The van der Waals surface area contributed by atoms with E-state index < -0.39 is 23.3 Å². The van der Waals surface area contributed by atoms with Crippen molar-refractivity contribution in [2.24, 2.45) is 0 Å². The maximum Gasteiger partial charge on any atom is 0.434 e. The third kappa shape index (κ3) is 3.64. The van der Waals surface area contributed by atoms with Crippen LogP contribution in [0.5, 0.6) is 0 Å². The first-order chi connectivity index (χ1) is 11.8. The predicted octanol–water partition coefficient (Wildman–Crippen LogP) is 3.41. The molecule has 1 saturated heterocycles. The summed E-state index contributed by atoms with van der Waals surface area (Å²) in [6.45, 7) is 2.54. The highest BCUT2D eigenvalue weighted by molar-refractivity contribution is 6.30. The first-order valence-electron chi connectivity index (χ1n) is 7.59. The van der Waals surface area contributed by atoms with Crippen LogP contribution in [0.3, 0.4) is 0 Å². The van der Waals surface area contributed by atoms with Crippen LogP contribution in [0.15, 0.2) is 30.5 Å². The number of carbonyl (C=O) groups is 1. The standard InChI is InChI=1S/C16H15ClF3N3O2/c1-10-9-22(6-7-25-10)15(24)13-8-21-23(14(13)16(18,19)20)12-4-2-11(17)3-5-12/h2-5,8,10H,6-7,9H2,1H3. The van der Waals surface area contributed by atoms with E-state index in [9.17, 15) is 18.0 Å². The van der Waals surface area contributed by atoms with Gasteiger partial charge in [0.2, 0.25) is 0 Å². The Labute approximate surface area is 146 Å². The minimum atomic E-state index is -4.74. The normalized spacial score (nSPS) is 18.4. The van der Waals surface area contributed by atoms with Crippen LogP contribution >= 0.6 is 11.6 Å². The quantitative estimate of drug-likeness (QED) is 0.810. The summed E-state index contributed by atoms with van der Waals surface area (Å²) in [4.78, 5) is 14.0. The first kappa shape index (κ1) is 17.8. The van der Waals surface area contributed by atoms with E-state index in [4.69, 9.17) is 16.3 Å². The minimum Gasteiger partial charge on any atom is -0.375 e. The molecule has 0 bridgehead atoms. The fourth-order valence-corrected chi connectivity index (χ4v) is 2.86. The van der Waals surface area contributed by atoms with E-state index in [-0.39, 0.29) is 24.9 Å². The van der Waals surface area contributed by atoms with Crippen molar-refractivity contribution < 1.29 is 22.7 Å². The van der Waals surface area contributed by atoms with Crippen LogP contribution in [0.4, 0.5) is 13.2 Å². The van der Waals surface area contributed by atoms with E-state index in [0.29, 0.717) is 16.3 Å². The number of halogens is 4. The maximum absolute atomic E-state index is 13.6. The van der Waals surface area contributed by atoms with Crippen molar-refractivity contribution in [1.82, 2.24) is 14.7 Å². The Kier molecular flexibility index (Phi) is 4.75. The zero-order valence-corrected chi connectivity index (χ0v) is 14.0. The van der Waals surface area contributed by atoms with Gasteiger partial charge in [0.05, 0.1) is 30.2 Å². The average Bonchev–Trinajstić information content (AvgIpc) is 3.00. The molecular formula is C16H15ClF3N3O2. The lowest BCUT2D eigenvalue weighted by Crippen LogP contribution is -2.45. The summed E-state index contributed by atoms with van der Waals surface area (Å²) in [5, 5.41) is 4.18. The lowest BCUT2D eigenvalue weighted by atomic mass is 10.1. The van der Waals surface area contributed by atoms with Crippen molar-refractivity contribution in [1.29, 1.82) is 0 Å². The van der Waals surface area contributed by atoms with E-state index in [0.717, 1.165) is 6.20 Å². The number of morpholine rings is 1. The molecule has 9 heteroatoms. The zero-order chi connectivity index (χ0) is 18.2. The molecule has 0 spiro atoms. The number of rotatable bonds is 2. The smallest absolute Gasteiger partial charge is 0.375 e. The maximum atomic E-state index is 13.6. The third-order valence-corrected chi connectivity index (χ3v) is 4.12. The van der Waals surface area contributed by atoms with Gasteiger partial charge in [0, 0.05) is 18.1 Å². The predicted molar refractivity (Wildman–Crippen MR) is 84.9 cm³/mol. The van der Waals surface area contributed by atoms with E-state index in [2.05, 4.69) is 5.10 Å². The minimum absolute atomic E-state index is 0.172. The van der Waals surface area contributed by atoms with Crippen LogP contribution in [0, 0.1) is 0 Å². The molecule has 1 aliphatic rings. The summed E-state index contributed by atoms with van der Waals surface area (Å²) in [7, 11) is 0. The van der Waals surface area contributed by atoms with Gasteiger partial charge in [0.15, 0.2) is 5.69 Å². The van der Waals surface area contributed by atoms with Gasteiger partial charge in [-0.15, -0.1) is 0 Å². The van der Waals surface area contributed by atoms with Gasteiger partial charge in [-0.1, -0.05) is 11.6 Å². The molecule has 0 radical (unpaired) electrons. The van der Waals surface area contributed by atoms with E-state index in [1.165, 1.54) is 29.2 Å². The molecule has 0 N–H and O–H groups in total. The van der Waals surface area contributed by atoms with Crippen molar-refractivity contribution in [2.45, 2.75) is 19.2 Å². The molecule has 1 unspecified atom stereocenters. The average molecular weight is 374 g/mol.